The molecule has 196 valence electrons. The average molecular weight is 510 g/mol. The molecule has 7 nitrogen and oxygen atoms in total. The van der Waals surface area contributed by atoms with E-state index in [9.17, 15) is 4.79 Å². The van der Waals surface area contributed by atoms with Crippen molar-refractivity contribution in [2.45, 2.75) is 50.8 Å². The van der Waals surface area contributed by atoms with Gasteiger partial charge < -0.3 is 20.3 Å². The summed E-state index contributed by atoms with van der Waals surface area (Å²) in [5.41, 5.74) is 3.05. The maximum absolute atomic E-state index is 12.7. The number of carbonyl (C=O) groups excluding carboxylic acids is 1. The number of aromatic nitrogens is 2. The summed E-state index contributed by atoms with van der Waals surface area (Å²) in [6, 6.07) is 26.5. The van der Waals surface area contributed by atoms with Crippen LogP contribution in [0.5, 0.6) is 5.75 Å². The molecule has 0 radical (unpaired) electrons. The molecule has 1 aliphatic rings. The van der Waals surface area contributed by atoms with Gasteiger partial charge in [-0.25, -0.2) is 4.98 Å². The molecule has 1 aliphatic carbocycles. The van der Waals surface area contributed by atoms with Gasteiger partial charge in [0.25, 0.3) is 0 Å². The van der Waals surface area contributed by atoms with Crippen molar-refractivity contribution in [2.24, 2.45) is 0 Å². The highest BCUT2D eigenvalue weighted by atomic mass is 16.5. The van der Waals surface area contributed by atoms with Crippen LogP contribution < -0.4 is 20.3 Å². The maximum atomic E-state index is 12.7. The van der Waals surface area contributed by atoms with Crippen LogP contribution in [-0.4, -0.2) is 42.1 Å². The summed E-state index contributed by atoms with van der Waals surface area (Å²) in [4.78, 5) is 24.2. The number of nitrogens with zero attached hydrogens (tertiary/aromatic N) is 3. The lowest BCUT2D eigenvalue weighted by atomic mass is 9.91. The van der Waals surface area contributed by atoms with Crippen molar-refractivity contribution in [3.05, 3.63) is 90.0 Å². The first-order chi connectivity index (χ1) is 18.5. The highest BCUT2D eigenvalue weighted by Crippen LogP contribution is 2.26. The Morgan fingerprint density at radius 3 is 2.26 bits per heavy atom. The van der Waals surface area contributed by atoms with Crippen molar-refractivity contribution in [3.8, 4) is 5.75 Å². The fourth-order valence-corrected chi connectivity index (χ4v) is 4.94. The Hall–Kier alpha value is -4.13. The van der Waals surface area contributed by atoms with Crippen molar-refractivity contribution < 1.29 is 9.53 Å². The summed E-state index contributed by atoms with van der Waals surface area (Å²) in [6.45, 7) is 0.530. The van der Waals surface area contributed by atoms with E-state index in [0.717, 1.165) is 59.3 Å². The second-order valence-electron chi connectivity index (χ2n) is 10.1. The van der Waals surface area contributed by atoms with Gasteiger partial charge in [0.05, 0.1) is 11.9 Å². The molecule has 1 aromatic heterocycles. The second kappa shape index (κ2) is 11.9. The molecular weight excluding hydrogens is 474 g/mol. The van der Waals surface area contributed by atoms with Gasteiger partial charge in [0, 0.05) is 31.6 Å². The zero-order valence-corrected chi connectivity index (χ0v) is 22.1. The minimum atomic E-state index is 0.0628. The average Bonchev–Trinajstić information content (AvgIpc) is 2.94. The van der Waals surface area contributed by atoms with Gasteiger partial charge in [0.1, 0.15) is 18.2 Å². The van der Waals surface area contributed by atoms with Gasteiger partial charge in [-0.3, -0.25) is 4.79 Å². The third kappa shape index (κ3) is 6.59. The van der Waals surface area contributed by atoms with E-state index in [-0.39, 0.29) is 11.9 Å². The molecule has 0 aliphatic heterocycles. The van der Waals surface area contributed by atoms with Crippen molar-refractivity contribution in [1.82, 2.24) is 15.3 Å². The molecule has 1 fully saturated rings. The van der Waals surface area contributed by atoms with Crippen LogP contribution in [0.1, 0.15) is 36.8 Å². The van der Waals surface area contributed by atoms with Crippen LogP contribution >= 0.6 is 0 Å². The number of hydrogen-bond donors (Lipinski definition) is 2. The summed E-state index contributed by atoms with van der Waals surface area (Å²) in [5, 5.41) is 7.81. The van der Waals surface area contributed by atoms with Crippen molar-refractivity contribution in [1.29, 1.82) is 0 Å². The summed E-state index contributed by atoms with van der Waals surface area (Å²) >= 11 is 0. The Labute approximate surface area is 224 Å². The Balaban J connectivity index is 1.08. The highest BCUT2D eigenvalue weighted by Gasteiger charge is 2.23. The predicted octanol–water partition coefficient (Wildman–Crippen LogP) is 5.36. The third-order valence-electron chi connectivity index (χ3n) is 6.97. The number of fused-ring (bicyclic) bond motifs is 1. The van der Waals surface area contributed by atoms with Crippen LogP contribution in [0.4, 0.5) is 11.8 Å². The van der Waals surface area contributed by atoms with E-state index < -0.39 is 0 Å². The minimum Gasteiger partial charge on any atom is -0.489 e. The Morgan fingerprint density at radius 1 is 0.842 bits per heavy atom. The van der Waals surface area contributed by atoms with Gasteiger partial charge in [-0.2, -0.15) is 4.98 Å². The maximum Gasteiger partial charge on any atom is 0.225 e. The molecule has 1 amide bonds. The van der Waals surface area contributed by atoms with Crippen LogP contribution in [0.3, 0.4) is 0 Å². The van der Waals surface area contributed by atoms with Crippen LogP contribution in [0.25, 0.3) is 10.9 Å². The quantitative estimate of drug-likeness (QED) is 0.316. The molecule has 4 aromatic rings. The molecule has 3 aromatic carbocycles. The van der Waals surface area contributed by atoms with E-state index in [1.165, 1.54) is 0 Å². The molecule has 0 unspecified atom stereocenters. The molecule has 0 atom stereocenters. The van der Waals surface area contributed by atoms with E-state index >= 15 is 0 Å². The van der Waals surface area contributed by atoms with Gasteiger partial charge in [-0.05, 0) is 61.1 Å². The van der Waals surface area contributed by atoms with E-state index in [2.05, 4.69) is 16.7 Å². The zero-order valence-electron chi connectivity index (χ0n) is 22.1. The van der Waals surface area contributed by atoms with Gasteiger partial charge in [0.2, 0.25) is 11.9 Å². The lowest BCUT2D eigenvalue weighted by Crippen LogP contribution is -2.40. The highest BCUT2D eigenvalue weighted by molar-refractivity contribution is 5.90. The van der Waals surface area contributed by atoms with Crippen LogP contribution in [0, 0.1) is 0 Å². The second-order valence-corrected chi connectivity index (χ2v) is 10.1. The molecule has 38 heavy (non-hydrogen) atoms. The van der Waals surface area contributed by atoms with Crippen LogP contribution in [0.2, 0.25) is 0 Å². The number of hydrogen-bond acceptors (Lipinski definition) is 6. The smallest absolute Gasteiger partial charge is 0.225 e. The fraction of sp³-hybridized carbons (Fsp3) is 0.323. The molecule has 1 saturated carbocycles. The van der Waals surface area contributed by atoms with Crippen LogP contribution in [0.15, 0.2) is 78.9 Å². The van der Waals surface area contributed by atoms with E-state index in [1.807, 2.05) is 91.8 Å². The summed E-state index contributed by atoms with van der Waals surface area (Å²) in [7, 11) is 4.00. The first-order valence-electron chi connectivity index (χ1n) is 13.3. The van der Waals surface area contributed by atoms with Crippen molar-refractivity contribution in [3.63, 3.8) is 0 Å². The topological polar surface area (TPSA) is 79.4 Å². The molecule has 0 bridgehead atoms. The summed E-state index contributed by atoms with van der Waals surface area (Å²) < 4.78 is 5.85. The largest absolute Gasteiger partial charge is 0.489 e. The monoisotopic (exact) mass is 509 g/mol. The van der Waals surface area contributed by atoms with Crippen molar-refractivity contribution in [2.75, 3.05) is 24.3 Å². The summed E-state index contributed by atoms with van der Waals surface area (Å²) in [5.74, 6) is 2.44. The van der Waals surface area contributed by atoms with E-state index in [0.29, 0.717) is 25.0 Å². The van der Waals surface area contributed by atoms with Gasteiger partial charge >= 0.3 is 0 Å². The summed E-state index contributed by atoms with van der Waals surface area (Å²) in [6.07, 6.45) is 4.17. The number of carbonyl (C=O) groups is 1. The van der Waals surface area contributed by atoms with Gasteiger partial charge in [0.15, 0.2) is 0 Å². The SMILES string of the molecule is CN(C)c1nc(N[C@H]2CC[C@@H](NC(=O)Cc3ccc(OCc4ccccc4)cc3)CC2)nc2ccccc12. The molecule has 7 heteroatoms. The minimum absolute atomic E-state index is 0.0628. The zero-order chi connectivity index (χ0) is 26.3. The van der Waals surface area contributed by atoms with Gasteiger partial charge in [-0.15, -0.1) is 0 Å². The number of benzene rings is 3. The normalized spacial score (nSPS) is 17.1. The van der Waals surface area contributed by atoms with Gasteiger partial charge in [-0.1, -0.05) is 54.6 Å². The number of para-hydroxylation sites is 1. The Morgan fingerprint density at radius 2 is 1.53 bits per heavy atom. The number of rotatable bonds is 9. The van der Waals surface area contributed by atoms with Crippen LogP contribution in [-0.2, 0) is 17.8 Å². The molecule has 0 saturated heterocycles. The predicted molar refractivity (Wildman–Crippen MR) is 153 cm³/mol. The fourth-order valence-electron chi connectivity index (χ4n) is 4.94. The first-order valence-corrected chi connectivity index (χ1v) is 13.3. The Bertz CT molecular complexity index is 1350. The lowest BCUT2D eigenvalue weighted by molar-refractivity contribution is -0.121. The Kier molecular flexibility index (Phi) is 8.02. The number of anilines is 2. The number of amides is 1. The lowest BCUT2D eigenvalue weighted by Gasteiger charge is -2.30. The molecule has 5 rings (SSSR count). The third-order valence-corrected chi connectivity index (χ3v) is 6.97. The molecule has 0 spiro atoms. The van der Waals surface area contributed by atoms with E-state index in [1.54, 1.807) is 0 Å². The number of ether oxygens (including phenoxy) is 1. The van der Waals surface area contributed by atoms with Crippen molar-refractivity contribution >= 4 is 28.6 Å². The standard InChI is InChI=1S/C31H35N5O2/c1-36(2)30-27-10-6-7-11-28(27)34-31(35-30)33-25-16-14-24(15-17-25)32-29(37)20-22-12-18-26(19-13-22)38-21-23-8-4-3-5-9-23/h3-13,18-19,24-25H,14-17,20-21H2,1-2H3,(H,32,37)(H,33,34,35)/t24-,25+. The first kappa shape index (κ1) is 25.5. The molecule has 1 heterocycles. The molecule has 2 N–H and O–H groups in total. The molecular formula is C31H35N5O2. The van der Waals surface area contributed by atoms with E-state index in [4.69, 9.17) is 14.7 Å². The number of nitrogens with one attached hydrogen (secondary N) is 2.